The first kappa shape index (κ1) is 39.3. The summed E-state index contributed by atoms with van der Waals surface area (Å²) < 4.78 is 53.0. The molecule has 0 aliphatic heterocycles. The van der Waals surface area contributed by atoms with E-state index in [1.165, 1.54) is 10.2 Å². The molecule has 1 heterocycles. The van der Waals surface area contributed by atoms with Gasteiger partial charge in [0.25, 0.3) is 5.91 Å². The molecule has 0 bridgehead atoms. The third-order valence-electron chi connectivity index (χ3n) is 9.97. The lowest BCUT2D eigenvalue weighted by atomic mass is 9.76. The summed E-state index contributed by atoms with van der Waals surface area (Å²) in [6.07, 6.45) is -2.97. The van der Waals surface area contributed by atoms with Crippen LogP contribution in [-0.4, -0.2) is 21.8 Å². The van der Waals surface area contributed by atoms with Gasteiger partial charge in [0.05, 0.1) is 11.3 Å². The van der Waals surface area contributed by atoms with Crippen molar-refractivity contribution in [1.82, 2.24) is 9.78 Å². The van der Waals surface area contributed by atoms with E-state index >= 15 is 0 Å². The van der Waals surface area contributed by atoms with Crippen LogP contribution < -0.4 is 20.3 Å². The molecule has 1 atom stereocenters. The average molecular weight is 748 g/mol. The topological polar surface area (TPSA) is 85.3 Å². The highest BCUT2D eigenvalue weighted by molar-refractivity contribution is 6.30. The van der Waals surface area contributed by atoms with Gasteiger partial charge in [-0.05, 0) is 102 Å². The van der Waals surface area contributed by atoms with Crippen LogP contribution in [0.4, 0.5) is 18.9 Å². The molecule has 7 nitrogen and oxygen atoms in total. The fourth-order valence-corrected chi connectivity index (χ4v) is 5.84. The number of alkyl halides is 3. The maximum absolute atomic E-state index is 13.8. The molecule has 11 heteroatoms. The minimum Gasteiger partial charge on any atom is -0.480 e. The first-order chi connectivity index (χ1) is 25.0. The number of hydrogen-bond acceptors (Lipinski definition) is 4. The van der Waals surface area contributed by atoms with E-state index in [-0.39, 0.29) is 28.2 Å². The van der Waals surface area contributed by atoms with Gasteiger partial charge >= 0.3 is 11.7 Å². The van der Waals surface area contributed by atoms with Crippen molar-refractivity contribution < 1.29 is 27.4 Å². The lowest BCUT2D eigenvalue weighted by Crippen LogP contribution is -2.33. The average Bonchev–Trinajstić information content (AvgIpc) is 3.45. The molecule has 280 valence electrons. The molecule has 1 unspecified atom stereocenters. The van der Waals surface area contributed by atoms with E-state index in [4.69, 9.17) is 21.1 Å². The molecule has 53 heavy (non-hydrogen) atoms. The van der Waals surface area contributed by atoms with Gasteiger partial charge in [-0.25, -0.2) is 4.68 Å². The summed E-state index contributed by atoms with van der Waals surface area (Å²) in [6.45, 7) is 15.0. The van der Waals surface area contributed by atoms with Gasteiger partial charge in [0.1, 0.15) is 17.2 Å². The number of rotatable bonds is 13. The number of anilines is 1. The van der Waals surface area contributed by atoms with Crippen molar-refractivity contribution in [3.63, 3.8) is 0 Å². The van der Waals surface area contributed by atoms with Crippen molar-refractivity contribution in [2.24, 2.45) is 0 Å². The van der Waals surface area contributed by atoms with Crippen LogP contribution >= 0.6 is 11.6 Å². The van der Waals surface area contributed by atoms with Crippen LogP contribution in [0.5, 0.6) is 17.2 Å². The Morgan fingerprint density at radius 2 is 1.43 bits per heavy atom. The van der Waals surface area contributed by atoms with Crippen molar-refractivity contribution in [3.8, 4) is 34.2 Å². The number of benzene rings is 4. The Morgan fingerprint density at radius 1 is 0.830 bits per heavy atom. The molecule has 5 rings (SSSR count). The standard InChI is InChI=1S/C42H45ClF3N3O4/c1-8-34(53-35-24-15-28(40(4,5)9-2)25-33(35)41(6,7)10-3)38(50)47-30-18-20-31(21-19-30)49-39(51)37(36(48-49)26-11-16-29(43)17-12-26)52-32-22-13-27(14-23-32)42(44,45)46/h11-25,34,48H,8-10H2,1-7H3,(H,47,50). The van der Waals surface area contributed by atoms with E-state index in [1.54, 1.807) is 48.5 Å². The van der Waals surface area contributed by atoms with Crippen molar-refractivity contribution in [3.05, 3.63) is 123 Å². The first-order valence-electron chi connectivity index (χ1n) is 17.7. The number of amides is 1. The van der Waals surface area contributed by atoms with Gasteiger partial charge < -0.3 is 14.8 Å². The van der Waals surface area contributed by atoms with E-state index in [0.29, 0.717) is 39.8 Å². The number of carbonyl (C=O) groups is 1. The molecule has 0 aliphatic carbocycles. The summed E-state index contributed by atoms with van der Waals surface area (Å²) in [5.74, 6) is 0.298. The number of halogens is 4. The highest BCUT2D eigenvalue weighted by Gasteiger charge is 2.31. The predicted octanol–water partition coefficient (Wildman–Crippen LogP) is 11.5. The summed E-state index contributed by atoms with van der Waals surface area (Å²) in [6, 6.07) is 23.7. The number of nitrogens with one attached hydrogen (secondary N) is 2. The summed E-state index contributed by atoms with van der Waals surface area (Å²) in [5, 5.41) is 6.48. The third-order valence-corrected chi connectivity index (χ3v) is 10.2. The van der Waals surface area contributed by atoms with Crippen LogP contribution in [0.25, 0.3) is 16.9 Å². The van der Waals surface area contributed by atoms with Gasteiger partial charge in [-0.2, -0.15) is 13.2 Å². The molecule has 5 aromatic rings. The SMILES string of the molecule is CCC(Oc1ccc(C(C)(C)CC)cc1C(C)(C)CC)C(=O)Nc1ccc(-n2[nH]c(-c3ccc(Cl)cc3)c(Oc3ccc(C(F)(F)F)cc3)c2=O)cc1. The molecular formula is C42H45ClF3N3O4. The van der Waals surface area contributed by atoms with E-state index in [9.17, 15) is 22.8 Å². The highest BCUT2D eigenvalue weighted by Crippen LogP contribution is 2.39. The van der Waals surface area contributed by atoms with Crippen molar-refractivity contribution in [2.75, 3.05) is 5.32 Å². The van der Waals surface area contributed by atoms with E-state index in [1.807, 2.05) is 13.0 Å². The van der Waals surface area contributed by atoms with Gasteiger partial charge in [-0.15, -0.1) is 0 Å². The second kappa shape index (κ2) is 15.6. The Hall–Kier alpha value is -4.96. The molecule has 0 saturated heterocycles. The monoisotopic (exact) mass is 747 g/mol. The van der Waals surface area contributed by atoms with Gasteiger partial charge in [0.15, 0.2) is 6.10 Å². The van der Waals surface area contributed by atoms with Gasteiger partial charge in [-0.3, -0.25) is 14.7 Å². The fraction of sp³-hybridized carbons (Fsp3) is 0.333. The van der Waals surface area contributed by atoms with Crippen LogP contribution in [0.1, 0.15) is 84.4 Å². The van der Waals surface area contributed by atoms with E-state index in [2.05, 4.69) is 64.1 Å². The summed E-state index contributed by atoms with van der Waals surface area (Å²) in [4.78, 5) is 27.3. The molecule has 0 radical (unpaired) electrons. The third kappa shape index (κ3) is 8.82. The first-order valence-corrected chi connectivity index (χ1v) is 18.0. The van der Waals surface area contributed by atoms with Crippen LogP contribution in [0.3, 0.4) is 0 Å². The van der Waals surface area contributed by atoms with Crippen LogP contribution in [0.2, 0.25) is 5.02 Å². The number of carbonyl (C=O) groups excluding carboxylic acids is 1. The van der Waals surface area contributed by atoms with Gasteiger partial charge in [-0.1, -0.05) is 84.3 Å². The van der Waals surface area contributed by atoms with Crippen LogP contribution in [0, 0.1) is 0 Å². The van der Waals surface area contributed by atoms with Crippen LogP contribution in [0.15, 0.2) is 95.8 Å². The fourth-order valence-electron chi connectivity index (χ4n) is 5.71. The van der Waals surface area contributed by atoms with Crippen molar-refractivity contribution >= 4 is 23.2 Å². The number of ether oxygens (including phenoxy) is 2. The number of aromatic nitrogens is 2. The smallest absolute Gasteiger partial charge is 0.416 e. The number of aromatic amines is 1. The molecule has 0 aliphatic rings. The number of hydrogen-bond donors (Lipinski definition) is 2. The second-order valence-electron chi connectivity index (χ2n) is 14.3. The molecule has 0 fully saturated rings. The Balaban J connectivity index is 1.39. The largest absolute Gasteiger partial charge is 0.480 e. The summed E-state index contributed by atoms with van der Waals surface area (Å²) >= 11 is 6.09. The highest BCUT2D eigenvalue weighted by atomic mass is 35.5. The Morgan fingerprint density at radius 3 is 2.00 bits per heavy atom. The quantitative estimate of drug-likeness (QED) is 0.126. The van der Waals surface area contributed by atoms with Gasteiger partial charge in [0.2, 0.25) is 5.75 Å². The lowest BCUT2D eigenvalue weighted by molar-refractivity contribution is -0.137. The lowest BCUT2D eigenvalue weighted by Gasteiger charge is -2.31. The number of H-pyrrole nitrogens is 1. The normalized spacial score (nSPS) is 12.7. The zero-order valence-electron chi connectivity index (χ0n) is 31.0. The molecule has 1 amide bonds. The predicted molar refractivity (Wildman–Crippen MR) is 205 cm³/mol. The maximum Gasteiger partial charge on any atom is 0.416 e. The molecule has 4 aromatic carbocycles. The molecule has 2 N–H and O–H groups in total. The number of nitrogens with zero attached hydrogens (tertiary/aromatic N) is 1. The van der Waals surface area contributed by atoms with Crippen molar-refractivity contribution in [2.45, 2.75) is 90.8 Å². The minimum absolute atomic E-state index is 0.00582. The van der Waals surface area contributed by atoms with E-state index < -0.39 is 23.4 Å². The molecule has 0 saturated carbocycles. The Labute approximate surface area is 313 Å². The molecule has 1 aromatic heterocycles. The zero-order valence-corrected chi connectivity index (χ0v) is 31.7. The Kier molecular flexibility index (Phi) is 11.5. The van der Waals surface area contributed by atoms with Gasteiger partial charge in [0, 0.05) is 21.8 Å². The van der Waals surface area contributed by atoms with E-state index in [0.717, 1.165) is 42.7 Å². The van der Waals surface area contributed by atoms with Crippen LogP contribution in [-0.2, 0) is 21.8 Å². The molecular weight excluding hydrogens is 703 g/mol. The molecule has 0 spiro atoms. The maximum atomic E-state index is 13.8. The summed E-state index contributed by atoms with van der Waals surface area (Å²) in [7, 11) is 0. The second-order valence-corrected chi connectivity index (χ2v) is 14.8. The summed E-state index contributed by atoms with van der Waals surface area (Å²) in [5.41, 5.74) is 2.47. The zero-order chi connectivity index (χ0) is 38.7. The Bertz CT molecular complexity index is 2100. The van der Waals surface area contributed by atoms with Crippen molar-refractivity contribution in [1.29, 1.82) is 0 Å². The minimum atomic E-state index is -4.52.